The standard InChI is InChI=1S/C20H12F2N2OS/c21-13-5-2-6-14(22)17(13)19(25)24-20-23-18-12-4-1-3-10-7-8-11(16(10)12)9-15(18)26-20/h1-6,9H,7-8H2,(H,23,24,25). The predicted molar refractivity (Wildman–Crippen MR) is 98.8 cm³/mol. The maximum absolute atomic E-state index is 13.8. The Balaban J connectivity index is 1.60. The second kappa shape index (κ2) is 5.57. The van der Waals surface area contributed by atoms with Gasteiger partial charge in [0.05, 0.1) is 10.2 Å². The SMILES string of the molecule is O=C(Nc1nc2c(cc3c4c(cccc42)CC3)s1)c1c(F)cccc1F. The van der Waals surface area contributed by atoms with Crippen LogP contribution in [0.4, 0.5) is 13.9 Å². The van der Waals surface area contributed by atoms with E-state index in [1.165, 1.54) is 33.9 Å². The zero-order valence-corrected chi connectivity index (χ0v) is 14.3. The smallest absolute Gasteiger partial charge is 0.263 e. The lowest BCUT2D eigenvalue weighted by atomic mass is 10.0. The Kier molecular flexibility index (Phi) is 3.30. The van der Waals surface area contributed by atoms with E-state index in [1.807, 2.05) is 12.1 Å². The number of aromatic nitrogens is 1. The van der Waals surface area contributed by atoms with Crippen molar-refractivity contribution in [3.8, 4) is 0 Å². The average Bonchev–Trinajstić information content (AvgIpc) is 3.20. The van der Waals surface area contributed by atoms with Crippen LogP contribution in [0.3, 0.4) is 0 Å². The highest BCUT2D eigenvalue weighted by Crippen LogP contribution is 2.39. The molecule has 1 amide bonds. The van der Waals surface area contributed by atoms with Crippen molar-refractivity contribution in [1.29, 1.82) is 0 Å². The first-order chi connectivity index (χ1) is 12.6. The van der Waals surface area contributed by atoms with E-state index in [4.69, 9.17) is 0 Å². The molecule has 1 heterocycles. The number of aryl methyl sites for hydroxylation is 2. The predicted octanol–water partition coefficient (Wildman–Crippen LogP) is 5.08. The van der Waals surface area contributed by atoms with Gasteiger partial charge in [0.1, 0.15) is 17.2 Å². The summed E-state index contributed by atoms with van der Waals surface area (Å²) >= 11 is 1.31. The van der Waals surface area contributed by atoms with E-state index in [-0.39, 0.29) is 0 Å². The Hall–Kier alpha value is -2.86. The van der Waals surface area contributed by atoms with Gasteiger partial charge in [-0.2, -0.15) is 0 Å². The second-order valence-electron chi connectivity index (χ2n) is 6.29. The summed E-state index contributed by atoms with van der Waals surface area (Å²) < 4.78 is 28.6. The summed E-state index contributed by atoms with van der Waals surface area (Å²) in [7, 11) is 0. The summed E-state index contributed by atoms with van der Waals surface area (Å²) in [6.45, 7) is 0. The van der Waals surface area contributed by atoms with Gasteiger partial charge in [-0.1, -0.05) is 35.6 Å². The lowest BCUT2D eigenvalue weighted by Gasteiger charge is -2.04. The van der Waals surface area contributed by atoms with E-state index in [0.717, 1.165) is 40.6 Å². The van der Waals surface area contributed by atoms with Crippen LogP contribution in [0, 0.1) is 11.6 Å². The summed E-state index contributed by atoms with van der Waals surface area (Å²) in [4.78, 5) is 16.8. The van der Waals surface area contributed by atoms with Gasteiger partial charge in [0.2, 0.25) is 0 Å². The Morgan fingerprint density at radius 3 is 2.58 bits per heavy atom. The molecule has 0 fully saturated rings. The van der Waals surface area contributed by atoms with Crippen molar-refractivity contribution < 1.29 is 13.6 Å². The molecule has 1 aromatic heterocycles. The molecule has 128 valence electrons. The van der Waals surface area contributed by atoms with E-state index in [9.17, 15) is 13.6 Å². The molecule has 0 radical (unpaired) electrons. The highest BCUT2D eigenvalue weighted by molar-refractivity contribution is 7.22. The van der Waals surface area contributed by atoms with E-state index in [1.54, 1.807) is 0 Å². The molecular formula is C20H12F2N2OS. The molecule has 0 unspecified atom stereocenters. The molecule has 0 aliphatic heterocycles. The number of hydrogen-bond donors (Lipinski definition) is 1. The van der Waals surface area contributed by atoms with Crippen LogP contribution < -0.4 is 5.32 Å². The number of thiazole rings is 1. The summed E-state index contributed by atoms with van der Waals surface area (Å²) in [5.41, 5.74) is 2.80. The van der Waals surface area contributed by atoms with Gasteiger partial charge in [0.15, 0.2) is 5.13 Å². The molecule has 3 nitrogen and oxygen atoms in total. The molecular weight excluding hydrogens is 354 g/mol. The van der Waals surface area contributed by atoms with E-state index >= 15 is 0 Å². The van der Waals surface area contributed by atoms with Crippen molar-refractivity contribution in [2.45, 2.75) is 12.8 Å². The largest absolute Gasteiger partial charge is 0.298 e. The molecule has 6 heteroatoms. The van der Waals surface area contributed by atoms with Crippen LogP contribution in [-0.2, 0) is 12.8 Å². The number of halogens is 2. The normalized spacial score (nSPS) is 12.8. The van der Waals surface area contributed by atoms with Crippen LogP contribution in [-0.4, -0.2) is 10.9 Å². The number of carbonyl (C=O) groups is 1. The lowest BCUT2D eigenvalue weighted by Crippen LogP contribution is -2.15. The van der Waals surface area contributed by atoms with Gasteiger partial charge >= 0.3 is 0 Å². The monoisotopic (exact) mass is 366 g/mol. The third-order valence-corrected chi connectivity index (χ3v) is 5.68. The minimum atomic E-state index is -0.893. The maximum atomic E-state index is 13.8. The molecule has 0 atom stereocenters. The Bertz CT molecular complexity index is 1200. The van der Waals surface area contributed by atoms with Crippen LogP contribution in [0.1, 0.15) is 21.5 Å². The van der Waals surface area contributed by atoms with E-state index in [0.29, 0.717) is 5.13 Å². The van der Waals surface area contributed by atoms with Crippen molar-refractivity contribution in [2.75, 3.05) is 5.32 Å². The third kappa shape index (κ3) is 2.22. The first-order valence-corrected chi connectivity index (χ1v) is 9.03. The van der Waals surface area contributed by atoms with Crippen molar-refractivity contribution >= 4 is 43.4 Å². The summed E-state index contributed by atoms with van der Waals surface area (Å²) in [5.74, 6) is -2.62. The Morgan fingerprint density at radius 2 is 1.77 bits per heavy atom. The molecule has 0 saturated carbocycles. The quantitative estimate of drug-likeness (QED) is 0.538. The number of nitrogens with one attached hydrogen (secondary N) is 1. The molecule has 0 bridgehead atoms. The number of fused-ring (bicyclic) bond motifs is 2. The molecule has 5 rings (SSSR count). The average molecular weight is 366 g/mol. The first-order valence-electron chi connectivity index (χ1n) is 8.21. The van der Waals surface area contributed by atoms with Crippen LogP contribution in [0.5, 0.6) is 0 Å². The van der Waals surface area contributed by atoms with Gasteiger partial charge < -0.3 is 0 Å². The lowest BCUT2D eigenvalue weighted by molar-refractivity contribution is 0.101. The number of benzene rings is 3. The van der Waals surface area contributed by atoms with Gasteiger partial charge in [-0.15, -0.1) is 0 Å². The summed E-state index contributed by atoms with van der Waals surface area (Å²) in [6, 6.07) is 11.6. The number of rotatable bonds is 2. The molecule has 3 aromatic carbocycles. The fraction of sp³-hybridized carbons (Fsp3) is 0.100. The van der Waals surface area contributed by atoms with E-state index < -0.39 is 23.1 Å². The van der Waals surface area contributed by atoms with Crippen molar-refractivity contribution in [1.82, 2.24) is 4.98 Å². The minimum absolute atomic E-state index is 0.331. The summed E-state index contributed by atoms with van der Waals surface area (Å²) in [5, 5.41) is 5.16. The second-order valence-corrected chi connectivity index (χ2v) is 7.32. The van der Waals surface area contributed by atoms with Gasteiger partial charge in [0, 0.05) is 5.39 Å². The van der Waals surface area contributed by atoms with Crippen LogP contribution in [0.15, 0.2) is 42.5 Å². The fourth-order valence-electron chi connectivity index (χ4n) is 3.63. The topological polar surface area (TPSA) is 42.0 Å². The Labute approximate surface area is 151 Å². The van der Waals surface area contributed by atoms with Crippen LogP contribution in [0.2, 0.25) is 0 Å². The van der Waals surface area contributed by atoms with Crippen LogP contribution >= 0.6 is 11.3 Å². The third-order valence-electron chi connectivity index (χ3n) is 4.76. The molecule has 4 aromatic rings. The number of nitrogens with zero attached hydrogens (tertiary/aromatic N) is 1. The molecule has 1 N–H and O–H groups in total. The zero-order chi connectivity index (χ0) is 17.8. The maximum Gasteiger partial charge on any atom is 0.263 e. The van der Waals surface area contributed by atoms with Gasteiger partial charge in [0.25, 0.3) is 5.91 Å². The van der Waals surface area contributed by atoms with Crippen molar-refractivity contribution in [3.63, 3.8) is 0 Å². The van der Waals surface area contributed by atoms with Gasteiger partial charge in [-0.25, -0.2) is 13.8 Å². The molecule has 26 heavy (non-hydrogen) atoms. The van der Waals surface area contributed by atoms with Crippen molar-refractivity contribution in [3.05, 3.63) is 70.8 Å². The number of carbonyl (C=O) groups excluding carboxylic acids is 1. The van der Waals surface area contributed by atoms with E-state index in [2.05, 4.69) is 22.4 Å². The van der Waals surface area contributed by atoms with Gasteiger partial charge in [-0.05, 0) is 47.6 Å². The first kappa shape index (κ1) is 15.4. The van der Waals surface area contributed by atoms with Crippen LogP contribution in [0.25, 0.3) is 21.0 Å². The summed E-state index contributed by atoms with van der Waals surface area (Å²) in [6.07, 6.45) is 2.02. The molecule has 1 aliphatic carbocycles. The van der Waals surface area contributed by atoms with Gasteiger partial charge in [-0.3, -0.25) is 10.1 Å². The highest BCUT2D eigenvalue weighted by Gasteiger charge is 2.21. The number of amides is 1. The molecule has 0 spiro atoms. The highest BCUT2D eigenvalue weighted by atomic mass is 32.1. The fourth-order valence-corrected chi connectivity index (χ4v) is 4.57. The van der Waals surface area contributed by atoms with Crippen molar-refractivity contribution in [2.24, 2.45) is 0 Å². The number of hydrogen-bond acceptors (Lipinski definition) is 3. The zero-order valence-electron chi connectivity index (χ0n) is 13.5. The molecule has 1 aliphatic rings. The minimum Gasteiger partial charge on any atom is -0.298 e. The molecule has 0 saturated heterocycles. The Morgan fingerprint density at radius 1 is 1.04 bits per heavy atom. The number of anilines is 1.